The van der Waals surface area contributed by atoms with Crippen LogP contribution in [0.1, 0.15) is 6.92 Å². The molecule has 1 aromatic heterocycles. The third-order valence-corrected chi connectivity index (χ3v) is 2.32. The minimum atomic E-state index is 0.0775. The Morgan fingerprint density at radius 1 is 1.54 bits per heavy atom. The fourth-order valence-electron chi connectivity index (χ4n) is 0.765. The van der Waals surface area contributed by atoms with Crippen LogP contribution in [0.5, 0.6) is 0 Å². The van der Waals surface area contributed by atoms with E-state index in [9.17, 15) is 0 Å². The molecule has 0 aromatic carbocycles. The number of hydrogen-bond donors (Lipinski definition) is 3. The normalized spacial score (nSPS) is 12.8. The average Bonchev–Trinajstić information content (AvgIpc) is 2.02. The van der Waals surface area contributed by atoms with E-state index in [1.165, 1.54) is 11.8 Å². The molecule has 5 N–H and O–H groups in total. The van der Waals surface area contributed by atoms with Crippen molar-refractivity contribution < 1.29 is 5.11 Å². The van der Waals surface area contributed by atoms with E-state index in [0.29, 0.717) is 10.8 Å². The molecular weight excluding hydrogens is 188 g/mol. The highest BCUT2D eigenvalue weighted by Gasteiger charge is 2.05. The van der Waals surface area contributed by atoms with Crippen molar-refractivity contribution in [3.8, 4) is 0 Å². The molecule has 1 heterocycles. The summed E-state index contributed by atoms with van der Waals surface area (Å²) in [5, 5.41) is 9.57. The number of nitrogen functional groups attached to an aromatic ring is 2. The van der Waals surface area contributed by atoms with Crippen LogP contribution in [-0.2, 0) is 0 Å². The Morgan fingerprint density at radius 2 is 2.23 bits per heavy atom. The van der Waals surface area contributed by atoms with E-state index in [-0.39, 0.29) is 17.8 Å². The number of aliphatic hydroxyl groups is 1. The summed E-state index contributed by atoms with van der Waals surface area (Å²) in [7, 11) is 0. The monoisotopic (exact) mass is 200 g/mol. The second kappa shape index (κ2) is 4.29. The summed E-state index contributed by atoms with van der Waals surface area (Å²) in [6.45, 7) is 1.98. The van der Waals surface area contributed by atoms with Crippen molar-refractivity contribution in [1.29, 1.82) is 0 Å². The van der Waals surface area contributed by atoms with Gasteiger partial charge in [0.2, 0.25) is 5.95 Å². The van der Waals surface area contributed by atoms with Gasteiger partial charge >= 0.3 is 0 Å². The maximum atomic E-state index is 8.81. The fourth-order valence-corrected chi connectivity index (χ4v) is 1.59. The van der Waals surface area contributed by atoms with Gasteiger partial charge in [-0.05, 0) is 0 Å². The number of nitrogens with two attached hydrogens (primary N) is 2. The zero-order valence-corrected chi connectivity index (χ0v) is 8.08. The molecule has 72 valence electrons. The molecule has 0 saturated heterocycles. The molecule has 1 unspecified atom stereocenters. The van der Waals surface area contributed by atoms with Crippen LogP contribution in [-0.4, -0.2) is 26.9 Å². The molecule has 0 radical (unpaired) electrons. The van der Waals surface area contributed by atoms with Crippen molar-refractivity contribution in [2.75, 3.05) is 18.1 Å². The molecule has 0 fully saturated rings. The van der Waals surface area contributed by atoms with Crippen molar-refractivity contribution in [2.24, 2.45) is 0 Å². The molecule has 0 aliphatic carbocycles. The van der Waals surface area contributed by atoms with Crippen LogP contribution in [0.3, 0.4) is 0 Å². The molecule has 13 heavy (non-hydrogen) atoms. The molecule has 0 amide bonds. The quantitative estimate of drug-likeness (QED) is 0.473. The second-order valence-corrected chi connectivity index (χ2v) is 4.06. The second-order valence-electron chi connectivity index (χ2n) is 2.60. The van der Waals surface area contributed by atoms with Crippen LogP contribution in [0.15, 0.2) is 11.1 Å². The smallest absolute Gasteiger partial charge is 0.223 e. The number of thioether (sulfide) groups is 1. The van der Waals surface area contributed by atoms with Crippen LogP contribution >= 0.6 is 11.8 Å². The molecule has 1 rings (SSSR count). The van der Waals surface area contributed by atoms with Gasteiger partial charge in [0.05, 0.1) is 6.61 Å². The Balaban J connectivity index is 2.77. The number of nitrogens with zero attached hydrogens (tertiary/aromatic N) is 2. The van der Waals surface area contributed by atoms with Crippen LogP contribution < -0.4 is 11.5 Å². The number of hydrogen-bond acceptors (Lipinski definition) is 6. The van der Waals surface area contributed by atoms with E-state index in [0.717, 1.165) is 0 Å². The predicted octanol–water partition coefficient (Wildman–Crippen LogP) is 0.114. The summed E-state index contributed by atoms with van der Waals surface area (Å²) in [5.74, 6) is 0.507. The summed E-state index contributed by atoms with van der Waals surface area (Å²) in [6, 6.07) is 1.63. The number of anilines is 2. The molecule has 6 heteroatoms. The molecule has 0 aliphatic rings. The summed E-state index contributed by atoms with van der Waals surface area (Å²) in [5.41, 5.74) is 10.9. The van der Waals surface area contributed by atoms with Gasteiger partial charge in [0, 0.05) is 11.3 Å². The number of rotatable bonds is 3. The molecule has 0 aliphatic heterocycles. The highest BCUT2D eigenvalue weighted by Crippen LogP contribution is 2.22. The summed E-state index contributed by atoms with van der Waals surface area (Å²) >= 11 is 1.41. The summed E-state index contributed by atoms with van der Waals surface area (Å²) in [4.78, 5) is 7.70. The van der Waals surface area contributed by atoms with E-state index >= 15 is 0 Å². The van der Waals surface area contributed by atoms with Crippen molar-refractivity contribution in [1.82, 2.24) is 9.97 Å². The van der Waals surface area contributed by atoms with Gasteiger partial charge in [-0.3, -0.25) is 0 Å². The Morgan fingerprint density at radius 3 is 2.77 bits per heavy atom. The SMILES string of the molecule is CC(CO)Sc1cc(N)nc(N)n1. The zero-order chi connectivity index (χ0) is 9.84. The first-order valence-corrected chi connectivity index (χ1v) is 4.67. The molecule has 1 aromatic rings. The Labute approximate surface area is 80.6 Å². The van der Waals surface area contributed by atoms with Crippen molar-refractivity contribution in [3.63, 3.8) is 0 Å². The van der Waals surface area contributed by atoms with Gasteiger partial charge in [-0.1, -0.05) is 6.92 Å². The standard InChI is InChI=1S/C7H12N4OS/c1-4(3-12)13-6-2-5(8)10-7(9)11-6/h2,4,12H,3H2,1H3,(H4,8,9,10,11). The molecule has 0 saturated carbocycles. The van der Waals surface area contributed by atoms with E-state index in [2.05, 4.69) is 9.97 Å². The van der Waals surface area contributed by atoms with Crippen molar-refractivity contribution in [3.05, 3.63) is 6.07 Å². The summed E-state index contributed by atoms with van der Waals surface area (Å²) in [6.07, 6.45) is 0. The lowest BCUT2D eigenvalue weighted by Crippen LogP contribution is -2.05. The highest BCUT2D eigenvalue weighted by molar-refractivity contribution is 7.99. The first kappa shape index (κ1) is 10.1. The third-order valence-electron chi connectivity index (χ3n) is 1.32. The van der Waals surface area contributed by atoms with Crippen molar-refractivity contribution >= 4 is 23.5 Å². The van der Waals surface area contributed by atoms with E-state index < -0.39 is 0 Å². The Kier molecular flexibility index (Phi) is 3.32. The first-order valence-electron chi connectivity index (χ1n) is 3.79. The molecule has 1 atom stereocenters. The maximum Gasteiger partial charge on any atom is 0.223 e. The minimum Gasteiger partial charge on any atom is -0.395 e. The lowest BCUT2D eigenvalue weighted by atomic mass is 10.5. The summed E-state index contributed by atoms with van der Waals surface area (Å²) < 4.78 is 0. The molecule has 0 bridgehead atoms. The van der Waals surface area contributed by atoms with Gasteiger partial charge in [0.1, 0.15) is 10.8 Å². The van der Waals surface area contributed by atoms with Gasteiger partial charge in [-0.2, -0.15) is 4.98 Å². The minimum absolute atomic E-state index is 0.0775. The van der Waals surface area contributed by atoms with Gasteiger partial charge in [0.15, 0.2) is 0 Å². The number of aromatic nitrogens is 2. The van der Waals surface area contributed by atoms with Crippen LogP contribution in [0.25, 0.3) is 0 Å². The Hall–Kier alpha value is -1.01. The zero-order valence-electron chi connectivity index (χ0n) is 7.27. The molecule has 5 nitrogen and oxygen atoms in total. The van der Waals surface area contributed by atoms with Gasteiger partial charge in [-0.15, -0.1) is 11.8 Å². The Bertz CT molecular complexity index is 274. The lowest BCUT2D eigenvalue weighted by molar-refractivity contribution is 0.300. The third kappa shape index (κ3) is 3.08. The fraction of sp³-hybridized carbons (Fsp3) is 0.429. The van der Waals surface area contributed by atoms with E-state index in [1.807, 2.05) is 6.92 Å². The van der Waals surface area contributed by atoms with Crippen molar-refractivity contribution in [2.45, 2.75) is 17.2 Å². The highest BCUT2D eigenvalue weighted by atomic mass is 32.2. The van der Waals surface area contributed by atoms with E-state index in [1.54, 1.807) is 6.07 Å². The maximum absolute atomic E-state index is 8.81. The first-order chi connectivity index (χ1) is 6.11. The van der Waals surface area contributed by atoms with Gasteiger partial charge in [0.25, 0.3) is 0 Å². The number of aliphatic hydroxyl groups excluding tert-OH is 1. The predicted molar refractivity (Wildman–Crippen MR) is 53.3 cm³/mol. The van der Waals surface area contributed by atoms with Gasteiger partial charge < -0.3 is 16.6 Å². The lowest BCUT2D eigenvalue weighted by Gasteiger charge is -2.06. The molecule has 0 spiro atoms. The van der Waals surface area contributed by atoms with Crippen LogP contribution in [0.2, 0.25) is 0 Å². The largest absolute Gasteiger partial charge is 0.395 e. The van der Waals surface area contributed by atoms with Crippen LogP contribution in [0, 0.1) is 0 Å². The van der Waals surface area contributed by atoms with E-state index in [4.69, 9.17) is 16.6 Å². The topological polar surface area (TPSA) is 98.0 Å². The molecular formula is C7H12N4OS. The average molecular weight is 200 g/mol. The van der Waals surface area contributed by atoms with Crippen LogP contribution in [0.4, 0.5) is 11.8 Å². The van der Waals surface area contributed by atoms with Gasteiger partial charge in [-0.25, -0.2) is 4.98 Å².